The zero-order valence-corrected chi connectivity index (χ0v) is 8.16. The number of nitrogens with zero attached hydrogens (tertiary/aromatic N) is 1. The number of rotatable bonds is 1. The van der Waals surface area contributed by atoms with E-state index in [1.54, 1.807) is 0 Å². The molecule has 2 rings (SSSR count). The maximum Gasteiger partial charge on any atom is 0.0368 e. The van der Waals surface area contributed by atoms with Crippen molar-refractivity contribution < 1.29 is 0 Å². The van der Waals surface area contributed by atoms with E-state index >= 15 is 0 Å². The lowest BCUT2D eigenvalue weighted by Crippen LogP contribution is -2.29. The Balaban J connectivity index is 2.14. The summed E-state index contributed by atoms with van der Waals surface area (Å²) in [5.41, 5.74) is 2.72. The smallest absolute Gasteiger partial charge is 0.0368 e. The first-order valence-corrected chi connectivity index (χ1v) is 4.99. The first-order valence-electron chi connectivity index (χ1n) is 4.99. The van der Waals surface area contributed by atoms with Crippen LogP contribution in [0.25, 0.3) is 0 Å². The average molecular weight is 174 g/mol. The normalized spacial score (nSPS) is 17.5. The number of hydrogen-bond donors (Lipinski definition) is 0. The third-order valence-corrected chi connectivity index (χ3v) is 2.55. The quantitative estimate of drug-likeness (QED) is 0.632. The Hall–Kier alpha value is -0.980. The summed E-state index contributed by atoms with van der Waals surface area (Å²) in [5.74, 6) is 0. The maximum absolute atomic E-state index is 2.44. The molecule has 0 spiro atoms. The molecule has 1 aliphatic heterocycles. The van der Waals surface area contributed by atoms with Gasteiger partial charge in [-0.2, -0.15) is 0 Å². The Labute approximate surface area is 80.4 Å². The van der Waals surface area contributed by atoms with Crippen LogP contribution in [0.2, 0.25) is 0 Å². The Kier molecular flexibility index (Phi) is 2.53. The van der Waals surface area contributed by atoms with E-state index in [4.69, 9.17) is 0 Å². The molecule has 0 aromatic heterocycles. The molecule has 0 N–H and O–H groups in total. The average Bonchev–Trinajstić information content (AvgIpc) is 2.19. The first-order chi connectivity index (χ1) is 6.36. The Morgan fingerprint density at radius 3 is 2.92 bits per heavy atom. The van der Waals surface area contributed by atoms with Gasteiger partial charge in [0, 0.05) is 18.8 Å². The Morgan fingerprint density at radius 1 is 1.31 bits per heavy atom. The molecule has 0 amide bonds. The molecule has 0 bridgehead atoms. The number of hydrogen-bond acceptors (Lipinski definition) is 1. The van der Waals surface area contributed by atoms with Crippen molar-refractivity contribution in [1.82, 2.24) is 0 Å². The van der Waals surface area contributed by atoms with Gasteiger partial charge in [0.05, 0.1) is 0 Å². The van der Waals surface area contributed by atoms with Crippen molar-refractivity contribution in [2.45, 2.75) is 19.8 Å². The van der Waals surface area contributed by atoms with Crippen LogP contribution in [0.4, 0.5) is 5.69 Å². The molecule has 0 atom stereocenters. The minimum atomic E-state index is 1.11. The summed E-state index contributed by atoms with van der Waals surface area (Å²) < 4.78 is 0. The minimum absolute atomic E-state index is 1.11. The van der Waals surface area contributed by atoms with E-state index in [9.17, 15) is 0 Å². The molecule has 1 radical (unpaired) electrons. The third-order valence-electron chi connectivity index (χ3n) is 2.55. The SMILES string of the molecule is Cc1cccc(N2C[CH]CCC2)c1. The van der Waals surface area contributed by atoms with Crippen LogP contribution in [0.3, 0.4) is 0 Å². The summed E-state index contributed by atoms with van der Waals surface area (Å²) in [6.45, 7) is 4.47. The van der Waals surface area contributed by atoms with Crippen molar-refractivity contribution in [2.24, 2.45) is 0 Å². The van der Waals surface area contributed by atoms with E-state index < -0.39 is 0 Å². The minimum Gasteiger partial charge on any atom is -0.371 e. The molecule has 13 heavy (non-hydrogen) atoms. The Bertz CT molecular complexity index is 274. The van der Waals surface area contributed by atoms with Gasteiger partial charge in [0.1, 0.15) is 0 Å². The second kappa shape index (κ2) is 3.82. The third kappa shape index (κ3) is 2.03. The van der Waals surface area contributed by atoms with Crippen molar-refractivity contribution in [1.29, 1.82) is 0 Å². The number of aryl methyl sites for hydroxylation is 1. The van der Waals surface area contributed by atoms with Gasteiger partial charge in [-0.1, -0.05) is 12.1 Å². The molecule has 0 saturated carbocycles. The Morgan fingerprint density at radius 2 is 2.23 bits per heavy atom. The van der Waals surface area contributed by atoms with Crippen LogP contribution in [0, 0.1) is 13.3 Å². The molecule has 1 fully saturated rings. The fraction of sp³-hybridized carbons (Fsp3) is 0.417. The summed E-state index contributed by atoms with van der Waals surface area (Å²) in [6, 6.07) is 8.75. The van der Waals surface area contributed by atoms with E-state index in [1.165, 1.54) is 30.6 Å². The molecule has 1 aromatic rings. The molecule has 1 heteroatoms. The molecular weight excluding hydrogens is 158 g/mol. The number of anilines is 1. The molecule has 0 aliphatic carbocycles. The summed E-state index contributed by atoms with van der Waals surface area (Å²) >= 11 is 0. The van der Waals surface area contributed by atoms with Gasteiger partial charge in [-0.05, 0) is 43.9 Å². The van der Waals surface area contributed by atoms with E-state index in [-0.39, 0.29) is 0 Å². The van der Waals surface area contributed by atoms with Gasteiger partial charge in [0.25, 0.3) is 0 Å². The van der Waals surface area contributed by atoms with Crippen molar-refractivity contribution >= 4 is 5.69 Å². The van der Waals surface area contributed by atoms with Gasteiger partial charge in [0.15, 0.2) is 0 Å². The van der Waals surface area contributed by atoms with Crippen LogP contribution < -0.4 is 4.90 Å². The highest BCUT2D eigenvalue weighted by atomic mass is 15.1. The molecule has 1 nitrogen and oxygen atoms in total. The number of benzene rings is 1. The first kappa shape index (κ1) is 8.61. The van der Waals surface area contributed by atoms with Gasteiger partial charge in [0.2, 0.25) is 0 Å². The summed E-state index contributed by atoms with van der Waals surface area (Å²) in [5, 5.41) is 0. The predicted octanol–water partition coefficient (Wildman–Crippen LogP) is 2.80. The lowest BCUT2D eigenvalue weighted by Gasteiger charge is -2.28. The monoisotopic (exact) mass is 174 g/mol. The van der Waals surface area contributed by atoms with Crippen LogP contribution in [0.1, 0.15) is 18.4 Å². The zero-order valence-electron chi connectivity index (χ0n) is 8.16. The fourth-order valence-corrected chi connectivity index (χ4v) is 1.82. The van der Waals surface area contributed by atoms with E-state index in [0.717, 1.165) is 6.54 Å². The highest BCUT2D eigenvalue weighted by molar-refractivity contribution is 5.49. The van der Waals surface area contributed by atoms with Crippen LogP contribution in [0.5, 0.6) is 0 Å². The summed E-state index contributed by atoms with van der Waals surface area (Å²) in [7, 11) is 0. The van der Waals surface area contributed by atoms with Crippen molar-refractivity contribution in [3.8, 4) is 0 Å². The van der Waals surface area contributed by atoms with E-state index in [2.05, 4.69) is 42.5 Å². The lowest BCUT2D eigenvalue weighted by molar-refractivity contribution is 0.671. The topological polar surface area (TPSA) is 3.24 Å². The van der Waals surface area contributed by atoms with Gasteiger partial charge in [-0.15, -0.1) is 0 Å². The molecule has 1 aromatic carbocycles. The maximum atomic E-state index is 2.44. The molecule has 1 saturated heterocycles. The molecule has 0 unspecified atom stereocenters. The second-order valence-electron chi connectivity index (χ2n) is 3.72. The van der Waals surface area contributed by atoms with Crippen molar-refractivity contribution in [2.75, 3.05) is 18.0 Å². The molecular formula is C12H16N. The van der Waals surface area contributed by atoms with Crippen LogP contribution in [-0.2, 0) is 0 Å². The lowest BCUT2D eigenvalue weighted by atomic mass is 10.1. The molecule has 1 heterocycles. The molecule has 1 aliphatic rings. The van der Waals surface area contributed by atoms with Crippen LogP contribution in [0.15, 0.2) is 24.3 Å². The highest BCUT2D eigenvalue weighted by Gasteiger charge is 2.10. The number of piperidine rings is 1. The standard InChI is InChI=1S/C12H16N/c1-11-6-5-7-12(10-11)13-8-3-2-4-9-13/h3,5-7,10H,2,4,8-9H2,1H3. The molecule has 69 valence electrons. The fourth-order valence-electron chi connectivity index (χ4n) is 1.82. The van der Waals surface area contributed by atoms with Crippen LogP contribution in [-0.4, -0.2) is 13.1 Å². The van der Waals surface area contributed by atoms with Gasteiger partial charge in [-0.25, -0.2) is 0 Å². The van der Waals surface area contributed by atoms with E-state index in [0.29, 0.717) is 0 Å². The van der Waals surface area contributed by atoms with Gasteiger partial charge in [-0.3, -0.25) is 0 Å². The highest BCUT2D eigenvalue weighted by Crippen LogP contribution is 2.19. The van der Waals surface area contributed by atoms with Crippen molar-refractivity contribution in [3.05, 3.63) is 36.2 Å². The van der Waals surface area contributed by atoms with Gasteiger partial charge >= 0.3 is 0 Å². The van der Waals surface area contributed by atoms with Crippen molar-refractivity contribution in [3.63, 3.8) is 0 Å². The largest absolute Gasteiger partial charge is 0.371 e. The second-order valence-corrected chi connectivity index (χ2v) is 3.72. The summed E-state index contributed by atoms with van der Waals surface area (Å²) in [6.07, 6.45) is 4.95. The zero-order chi connectivity index (χ0) is 9.10. The van der Waals surface area contributed by atoms with E-state index in [1.807, 2.05) is 0 Å². The summed E-state index contributed by atoms with van der Waals surface area (Å²) in [4.78, 5) is 2.44. The van der Waals surface area contributed by atoms with Gasteiger partial charge < -0.3 is 4.90 Å². The predicted molar refractivity (Wildman–Crippen MR) is 56.9 cm³/mol. The van der Waals surface area contributed by atoms with Crippen LogP contribution >= 0.6 is 0 Å².